The van der Waals surface area contributed by atoms with Crippen LogP contribution < -0.4 is 10.1 Å². The van der Waals surface area contributed by atoms with Crippen molar-refractivity contribution < 1.29 is 23.1 Å². The topological polar surface area (TPSA) is 58.6 Å². The van der Waals surface area contributed by atoms with Gasteiger partial charge in [0.15, 0.2) is 0 Å². The first kappa shape index (κ1) is 20.8. The smallest absolute Gasteiger partial charge is 0.254 e. The van der Waals surface area contributed by atoms with Crippen molar-refractivity contribution in [1.82, 2.24) is 4.90 Å². The van der Waals surface area contributed by atoms with E-state index in [0.29, 0.717) is 30.7 Å². The number of nitrogens with one attached hydrogen (secondary N) is 1. The predicted molar refractivity (Wildman–Crippen MR) is 114 cm³/mol. The number of hydrogen-bond acceptors (Lipinski definition) is 3. The molecule has 0 spiro atoms. The second-order valence-corrected chi connectivity index (χ2v) is 7.56. The lowest BCUT2D eigenvalue weighted by Crippen LogP contribution is -2.43. The summed E-state index contributed by atoms with van der Waals surface area (Å²) in [5, 5.41) is 4.14. The molecule has 0 aromatic heterocycles. The van der Waals surface area contributed by atoms with E-state index >= 15 is 0 Å². The minimum atomic E-state index is -0.832. The third-order valence-electron chi connectivity index (χ3n) is 5.60. The molecule has 1 saturated heterocycles. The summed E-state index contributed by atoms with van der Waals surface area (Å²) < 4.78 is 32.4. The first-order valence-electron chi connectivity index (χ1n) is 10.1. The number of benzene rings is 3. The summed E-state index contributed by atoms with van der Waals surface area (Å²) in [6.07, 6.45) is 1.24. The first-order chi connectivity index (χ1) is 15.0. The second kappa shape index (κ2) is 8.71. The van der Waals surface area contributed by atoms with Crippen LogP contribution in [0.3, 0.4) is 0 Å². The predicted octanol–water partition coefficient (Wildman–Crippen LogP) is 4.62. The van der Waals surface area contributed by atoms with E-state index in [-0.39, 0.29) is 24.0 Å². The molecule has 0 radical (unpaired) electrons. The third kappa shape index (κ3) is 4.21. The molecule has 4 rings (SSSR count). The Morgan fingerprint density at radius 1 is 1.06 bits per heavy atom. The van der Waals surface area contributed by atoms with Gasteiger partial charge >= 0.3 is 0 Å². The minimum Gasteiger partial charge on any atom is -0.496 e. The molecule has 1 aliphatic rings. The van der Waals surface area contributed by atoms with Gasteiger partial charge in [0.25, 0.3) is 5.91 Å². The van der Waals surface area contributed by atoms with Gasteiger partial charge in [-0.1, -0.05) is 24.3 Å². The van der Waals surface area contributed by atoms with Crippen LogP contribution in [0, 0.1) is 17.6 Å². The van der Waals surface area contributed by atoms with E-state index in [0.717, 1.165) is 22.9 Å². The Balaban J connectivity index is 1.53. The van der Waals surface area contributed by atoms with E-state index in [1.807, 2.05) is 24.3 Å². The Hall–Kier alpha value is -3.48. The highest BCUT2D eigenvalue weighted by Gasteiger charge is 2.30. The van der Waals surface area contributed by atoms with E-state index in [9.17, 15) is 18.4 Å². The fourth-order valence-corrected chi connectivity index (χ4v) is 4.01. The summed E-state index contributed by atoms with van der Waals surface area (Å²) in [7, 11) is 1.58. The number of amides is 2. The highest BCUT2D eigenvalue weighted by atomic mass is 19.1. The Morgan fingerprint density at radius 2 is 1.84 bits per heavy atom. The number of fused-ring (bicyclic) bond motifs is 1. The summed E-state index contributed by atoms with van der Waals surface area (Å²) in [5.74, 6) is -1.89. The van der Waals surface area contributed by atoms with Crippen LogP contribution in [0.5, 0.6) is 5.75 Å². The number of piperidine rings is 1. The van der Waals surface area contributed by atoms with Crippen molar-refractivity contribution in [2.75, 3.05) is 25.5 Å². The van der Waals surface area contributed by atoms with Crippen LogP contribution in [-0.4, -0.2) is 36.9 Å². The van der Waals surface area contributed by atoms with Gasteiger partial charge in [0.2, 0.25) is 5.91 Å². The van der Waals surface area contributed by atoms with E-state index in [4.69, 9.17) is 4.74 Å². The van der Waals surface area contributed by atoms with Crippen molar-refractivity contribution in [2.24, 2.45) is 5.92 Å². The molecule has 1 fully saturated rings. The molecule has 1 atom stereocenters. The number of carbonyl (C=O) groups is 2. The Kier molecular flexibility index (Phi) is 5.84. The van der Waals surface area contributed by atoms with Gasteiger partial charge < -0.3 is 15.0 Å². The SMILES string of the molecule is COc1ccc(C(=O)N2CCCC(C(=O)Nc3ccc(F)cc3F)C2)c2ccccc12. The molecule has 2 amide bonds. The summed E-state index contributed by atoms with van der Waals surface area (Å²) >= 11 is 0. The van der Waals surface area contributed by atoms with E-state index in [2.05, 4.69) is 5.32 Å². The standard InChI is InChI=1S/C24H22F2N2O3/c1-31-22-11-9-19(17-6-2-3-7-18(17)22)24(30)28-12-4-5-15(14-28)23(29)27-21-10-8-16(25)13-20(21)26/h2-3,6-11,13,15H,4-5,12,14H2,1H3,(H,27,29). The molecule has 1 heterocycles. The maximum Gasteiger partial charge on any atom is 0.254 e. The monoisotopic (exact) mass is 424 g/mol. The van der Waals surface area contributed by atoms with Crippen molar-refractivity contribution >= 4 is 28.3 Å². The fraction of sp³-hybridized carbons (Fsp3) is 0.250. The minimum absolute atomic E-state index is 0.0731. The summed E-state index contributed by atoms with van der Waals surface area (Å²) in [6, 6.07) is 14.0. The largest absolute Gasteiger partial charge is 0.496 e. The van der Waals surface area contributed by atoms with Gasteiger partial charge in [-0.2, -0.15) is 0 Å². The quantitative estimate of drug-likeness (QED) is 0.665. The van der Waals surface area contributed by atoms with Crippen LogP contribution >= 0.6 is 0 Å². The molecular formula is C24H22F2N2O3. The van der Waals surface area contributed by atoms with Crippen molar-refractivity contribution in [3.05, 3.63) is 71.8 Å². The Bertz CT molecular complexity index is 1150. The number of rotatable bonds is 4. The van der Waals surface area contributed by atoms with Crippen LogP contribution in [0.15, 0.2) is 54.6 Å². The second-order valence-electron chi connectivity index (χ2n) is 7.56. The van der Waals surface area contributed by atoms with Crippen molar-refractivity contribution in [3.63, 3.8) is 0 Å². The van der Waals surface area contributed by atoms with E-state index in [1.54, 1.807) is 24.1 Å². The lowest BCUT2D eigenvalue weighted by atomic mass is 9.95. The third-order valence-corrected chi connectivity index (χ3v) is 5.60. The number of nitrogens with zero attached hydrogens (tertiary/aromatic N) is 1. The molecule has 3 aromatic carbocycles. The van der Waals surface area contributed by atoms with E-state index in [1.165, 1.54) is 6.07 Å². The van der Waals surface area contributed by atoms with Gasteiger partial charge in [-0.05, 0) is 42.5 Å². The molecule has 1 unspecified atom stereocenters. The van der Waals surface area contributed by atoms with Gasteiger partial charge in [-0.3, -0.25) is 9.59 Å². The summed E-state index contributed by atoms with van der Waals surface area (Å²) in [6.45, 7) is 0.766. The van der Waals surface area contributed by atoms with Gasteiger partial charge in [0, 0.05) is 30.1 Å². The fourth-order valence-electron chi connectivity index (χ4n) is 4.01. The van der Waals surface area contributed by atoms with Crippen molar-refractivity contribution in [3.8, 4) is 5.75 Å². The lowest BCUT2D eigenvalue weighted by molar-refractivity contribution is -0.121. The average Bonchev–Trinajstić information content (AvgIpc) is 2.79. The van der Waals surface area contributed by atoms with Crippen molar-refractivity contribution in [2.45, 2.75) is 12.8 Å². The van der Waals surface area contributed by atoms with Gasteiger partial charge in [-0.15, -0.1) is 0 Å². The first-order valence-corrected chi connectivity index (χ1v) is 10.1. The Morgan fingerprint density at radius 3 is 2.58 bits per heavy atom. The highest BCUT2D eigenvalue weighted by Crippen LogP contribution is 2.30. The molecule has 0 aliphatic carbocycles. The molecular weight excluding hydrogens is 402 g/mol. The molecule has 0 saturated carbocycles. The zero-order valence-electron chi connectivity index (χ0n) is 17.0. The number of methoxy groups -OCH3 is 1. The average molecular weight is 424 g/mol. The van der Waals surface area contributed by atoms with Crippen LogP contribution in [-0.2, 0) is 4.79 Å². The van der Waals surface area contributed by atoms with Crippen LogP contribution in [0.25, 0.3) is 10.8 Å². The van der Waals surface area contributed by atoms with Crippen LogP contribution in [0.1, 0.15) is 23.2 Å². The van der Waals surface area contributed by atoms with Gasteiger partial charge in [0.1, 0.15) is 17.4 Å². The zero-order valence-corrected chi connectivity index (χ0v) is 17.0. The molecule has 3 aromatic rings. The number of likely N-dealkylation sites (tertiary alicyclic amines) is 1. The van der Waals surface area contributed by atoms with Gasteiger partial charge in [-0.25, -0.2) is 8.78 Å². The summed E-state index contributed by atoms with van der Waals surface area (Å²) in [5.41, 5.74) is 0.470. The molecule has 7 heteroatoms. The van der Waals surface area contributed by atoms with Crippen LogP contribution in [0.4, 0.5) is 14.5 Å². The maximum atomic E-state index is 13.9. The number of ether oxygens (including phenoxy) is 1. The summed E-state index contributed by atoms with van der Waals surface area (Å²) in [4.78, 5) is 27.6. The zero-order chi connectivity index (χ0) is 22.0. The molecule has 0 bridgehead atoms. The molecule has 1 aliphatic heterocycles. The van der Waals surface area contributed by atoms with Crippen molar-refractivity contribution in [1.29, 1.82) is 0 Å². The maximum absolute atomic E-state index is 13.9. The van der Waals surface area contributed by atoms with Crippen LogP contribution in [0.2, 0.25) is 0 Å². The lowest BCUT2D eigenvalue weighted by Gasteiger charge is -2.32. The number of hydrogen-bond donors (Lipinski definition) is 1. The number of anilines is 1. The normalized spacial score (nSPS) is 16.2. The van der Waals surface area contributed by atoms with Gasteiger partial charge in [0.05, 0.1) is 18.7 Å². The van der Waals surface area contributed by atoms with E-state index < -0.39 is 17.6 Å². The molecule has 160 valence electrons. The molecule has 1 N–H and O–H groups in total. The number of halogens is 2. The molecule has 5 nitrogen and oxygen atoms in total. The number of carbonyl (C=O) groups excluding carboxylic acids is 2. The Labute approximate surface area is 178 Å². The molecule has 31 heavy (non-hydrogen) atoms. The highest BCUT2D eigenvalue weighted by molar-refractivity contribution is 6.08.